The lowest BCUT2D eigenvalue weighted by Crippen LogP contribution is -1.98. The molecule has 3 heteroatoms. The Morgan fingerprint density at radius 1 is 1.46 bits per heavy atom. The highest BCUT2D eigenvalue weighted by atomic mass is 79.9. The number of fused-ring (bicyclic) bond motifs is 1. The van der Waals surface area contributed by atoms with E-state index in [2.05, 4.69) is 22.0 Å². The van der Waals surface area contributed by atoms with Gasteiger partial charge >= 0.3 is 0 Å². The molecule has 2 rings (SSSR count). The monoisotopic (exact) mass is 260 g/mol. The van der Waals surface area contributed by atoms with E-state index in [1.54, 1.807) is 0 Å². The van der Waals surface area contributed by atoms with Crippen molar-refractivity contribution in [2.75, 3.05) is 13.2 Å². The van der Waals surface area contributed by atoms with Crippen molar-refractivity contribution in [3.63, 3.8) is 0 Å². The molecule has 70 valence electrons. The summed E-state index contributed by atoms with van der Waals surface area (Å²) < 4.78 is 5.44. The Hall–Kier alpha value is -0.0500. The van der Waals surface area contributed by atoms with Gasteiger partial charge in [-0.3, -0.25) is 0 Å². The molecule has 1 nitrogen and oxygen atoms in total. The molecule has 1 atom stereocenters. The van der Waals surface area contributed by atoms with E-state index in [4.69, 9.17) is 16.3 Å². The van der Waals surface area contributed by atoms with Gasteiger partial charge in [0, 0.05) is 5.02 Å². The van der Waals surface area contributed by atoms with Crippen molar-refractivity contribution in [3.8, 4) is 0 Å². The van der Waals surface area contributed by atoms with Crippen LogP contribution in [0.1, 0.15) is 16.0 Å². The Labute approximate surface area is 91.2 Å². The minimum atomic E-state index is 0.281. The maximum absolute atomic E-state index is 5.93. The number of hydrogen-bond donors (Lipinski definition) is 0. The quantitative estimate of drug-likeness (QED) is 0.651. The van der Waals surface area contributed by atoms with E-state index in [0.29, 0.717) is 0 Å². The molecule has 0 spiro atoms. The van der Waals surface area contributed by atoms with Crippen LogP contribution in [-0.4, -0.2) is 13.2 Å². The molecule has 0 aliphatic carbocycles. The lowest BCUT2D eigenvalue weighted by atomic mass is 10.0. The normalized spacial score (nSPS) is 22.2. The first-order valence-electron chi connectivity index (χ1n) is 4.27. The van der Waals surface area contributed by atoms with Crippen LogP contribution in [0, 0.1) is 0 Å². The third kappa shape index (κ3) is 2.06. The van der Waals surface area contributed by atoms with Crippen molar-refractivity contribution in [1.82, 2.24) is 0 Å². The molecule has 0 aromatic heterocycles. The van der Waals surface area contributed by atoms with Crippen molar-refractivity contribution in [2.45, 2.75) is 11.2 Å². The van der Waals surface area contributed by atoms with Crippen LogP contribution in [0.2, 0.25) is 5.02 Å². The summed E-state index contributed by atoms with van der Waals surface area (Å²) in [5.41, 5.74) is 2.61. The molecular weight excluding hydrogens is 251 g/mol. The van der Waals surface area contributed by atoms with E-state index in [1.807, 2.05) is 12.1 Å². The van der Waals surface area contributed by atoms with E-state index in [9.17, 15) is 0 Å². The molecule has 0 saturated carbocycles. The highest BCUT2D eigenvalue weighted by molar-refractivity contribution is 9.09. The molecule has 0 radical (unpaired) electrons. The second-order valence-corrected chi connectivity index (χ2v) is 4.68. The van der Waals surface area contributed by atoms with Crippen LogP contribution < -0.4 is 0 Å². The van der Waals surface area contributed by atoms with E-state index in [1.165, 1.54) is 11.1 Å². The molecule has 0 saturated heterocycles. The molecule has 0 fully saturated rings. The molecule has 0 N–H and O–H groups in total. The lowest BCUT2D eigenvalue weighted by Gasteiger charge is -2.09. The highest BCUT2D eigenvalue weighted by Crippen LogP contribution is 2.31. The maximum atomic E-state index is 5.93. The summed E-state index contributed by atoms with van der Waals surface area (Å²) in [6.45, 7) is 1.53. The summed E-state index contributed by atoms with van der Waals surface area (Å²) in [6, 6.07) is 6.04. The summed E-state index contributed by atoms with van der Waals surface area (Å²) in [4.78, 5) is 0.281. The SMILES string of the molecule is Clc1ccc2c(c1)C(Br)COCC2. The number of benzene rings is 1. The van der Waals surface area contributed by atoms with Gasteiger partial charge in [-0.2, -0.15) is 0 Å². The molecule has 0 amide bonds. The van der Waals surface area contributed by atoms with E-state index in [0.717, 1.165) is 24.7 Å². The Kier molecular flexibility index (Phi) is 2.92. The molecule has 1 aromatic carbocycles. The van der Waals surface area contributed by atoms with Crippen LogP contribution in [0.5, 0.6) is 0 Å². The van der Waals surface area contributed by atoms with Gasteiger partial charge < -0.3 is 4.74 Å². The standard InChI is InChI=1S/C10H10BrClO/c11-10-6-13-4-3-7-1-2-8(12)5-9(7)10/h1-2,5,10H,3-4,6H2. The van der Waals surface area contributed by atoms with Crippen molar-refractivity contribution in [1.29, 1.82) is 0 Å². The lowest BCUT2D eigenvalue weighted by molar-refractivity contribution is 0.146. The molecule has 1 aliphatic heterocycles. The smallest absolute Gasteiger partial charge is 0.0632 e. The van der Waals surface area contributed by atoms with Gasteiger partial charge in [-0.25, -0.2) is 0 Å². The van der Waals surface area contributed by atoms with Gasteiger partial charge in [-0.1, -0.05) is 33.6 Å². The van der Waals surface area contributed by atoms with Gasteiger partial charge in [0.15, 0.2) is 0 Å². The van der Waals surface area contributed by atoms with Gasteiger partial charge in [-0.05, 0) is 29.7 Å². The van der Waals surface area contributed by atoms with Crippen LogP contribution in [-0.2, 0) is 11.2 Å². The third-order valence-corrected chi connectivity index (χ3v) is 3.22. The van der Waals surface area contributed by atoms with E-state index in [-0.39, 0.29) is 4.83 Å². The molecule has 13 heavy (non-hydrogen) atoms. The van der Waals surface area contributed by atoms with Crippen molar-refractivity contribution >= 4 is 27.5 Å². The highest BCUT2D eigenvalue weighted by Gasteiger charge is 2.16. The molecule has 1 aromatic rings. The van der Waals surface area contributed by atoms with Crippen molar-refractivity contribution in [3.05, 3.63) is 34.3 Å². The second-order valence-electron chi connectivity index (χ2n) is 3.14. The second kappa shape index (κ2) is 3.99. The molecule has 1 heterocycles. The number of halogens is 2. The number of rotatable bonds is 0. The number of alkyl halides is 1. The maximum Gasteiger partial charge on any atom is 0.0632 e. The van der Waals surface area contributed by atoms with Crippen LogP contribution in [0.3, 0.4) is 0 Å². The van der Waals surface area contributed by atoms with Crippen LogP contribution in [0.15, 0.2) is 18.2 Å². The Bertz CT molecular complexity index is 314. The molecular formula is C10H10BrClO. The van der Waals surface area contributed by atoms with Gasteiger partial charge in [0.1, 0.15) is 0 Å². The minimum Gasteiger partial charge on any atom is -0.380 e. The zero-order chi connectivity index (χ0) is 9.26. The first-order chi connectivity index (χ1) is 6.27. The Balaban J connectivity index is 2.43. The van der Waals surface area contributed by atoms with Gasteiger partial charge in [0.05, 0.1) is 18.0 Å². The Morgan fingerprint density at radius 3 is 3.15 bits per heavy atom. The molecule has 0 bridgehead atoms. The van der Waals surface area contributed by atoms with Crippen LogP contribution >= 0.6 is 27.5 Å². The van der Waals surface area contributed by atoms with Crippen molar-refractivity contribution < 1.29 is 4.74 Å². The molecule has 1 aliphatic rings. The topological polar surface area (TPSA) is 9.23 Å². The van der Waals surface area contributed by atoms with Crippen LogP contribution in [0.4, 0.5) is 0 Å². The summed E-state index contributed by atoms with van der Waals surface area (Å²) in [5.74, 6) is 0. The van der Waals surface area contributed by atoms with E-state index < -0.39 is 0 Å². The summed E-state index contributed by atoms with van der Waals surface area (Å²) >= 11 is 9.52. The van der Waals surface area contributed by atoms with Crippen molar-refractivity contribution in [2.24, 2.45) is 0 Å². The fourth-order valence-electron chi connectivity index (χ4n) is 1.54. The minimum absolute atomic E-state index is 0.281. The van der Waals surface area contributed by atoms with Crippen LogP contribution in [0.25, 0.3) is 0 Å². The predicted molar refractivity (Wildman–Crippen MR) is 57.6 cm³/mol. The predicted octanol–water partition coefficient (Wildman–Crippen LogP) is 3.35. The number of hydrogen-bond acceptors (Lipinski definition) is 1. The van der Waals surface area contributed by atoms with E-state index >= 15 is 0 Å². The molecule has 1 unspecified atom stereocenters. The Morgan fingerprint density at radius 2 is 2.31 bits per heavy atom. The zero-order valence-electron chi connectivity index (χ0n) is 7.09. The first kappa shape index (κ1) is 9.50. The average molecular weight is 262 g/mol. The average Bonchev–Trinajstić information content (AvgIpc) is 2.29. The fraction of sp³-hybridized carbons (Fsp3) is 0.400. The first-order valence-corrected chi connectivity index (χ1v) is 5.57. The van der Waals surface area contributed by atoms with Gasteiger partial charge in [0.2, 0.25) is 0 Å². The number of ether oxygens (including phenoxy) is 1. The summed E-state index contributed by atoms with van der Waals surface area (Å²) in [6.07, 6.45) is 0.981. The van der Waals surface area contributed by atoms with Gasteiger partial charge in [-0.15, -0.1) is 0 Å². The fourth-order valence-corrected chi connectivity index (χ4v) is 2.34. The van der Waals surface area contributed by atoms with Gasteiger partial charge in [0.25, 0.3) is 0 Å². The summed E-state index contributed by atoms with van der Waals surface area (Å²) in [7, 11) is 0. The third-order valence-electron chi connectivity index (χ3n) is 2.23. The largest absolute Gasteiger partial charge is 0.380 e. The summed E-state index contributed by atoms with van der Waals surface area (Å²) in [5, 5.41) is 0.796. The zero-order valence-corrected chi connectivity index (χ0v) is 9.44.